The Morgan fingerprint density at radius 1 is 1.08 bits per heavy atom. The van der Waals surface area contributed by atoms with E-state index in [0.717, 1.165) is 31.3 Å². The molecule has 1 saturated heterocycles. The number of rotatable bonds is 4. The Labute approximate surface area is 142 Å². The van der Waals surface area contributed by atoms with E-state index in [9.17, 15) is 4.79 Å². The Morgan fingerprint density at radius 3 is 2.75 bits per heavy atom. The molecule has 3 nitrogen and oxygen atoms in total. The van der Waals surface area contributed by atoms with E-state index >= 15 is 0 Å². The standard InChI is InChI=1S/C21H22N2O/c24-21(13-12-17-15-22-19-10-5-4-9-18(17)19)23-14-6-11-20(23)16-7-2-1-3-8-16/h1-5,7-10,15,20,22H,6,11-14H2/t20-/m1/s1. The number of benzene rings is 2. The van der Waals surface area contributed by atoms with Crippen LogP contribution >= 0.6 is 0 Å². The van der Waals surface area contributed by atoms with Gasteiger partial charge in [0.2, 0.25) is 5.91 Å². The molecule has 0 spiro atoms. The molecule has 0 bridgehead atoms. The molecular weight excluding hydrogens is 296 g/mol. The molecule has 0 unspecified atom stereocenters. The van der Waals surface area contributed by atoms with Crippen molar-refractivity contribution in [2.24, 2.45) is 0 Å². The minimum absolute atomic E-state index is 0.252. The quantitative estimate of drug-likeness (QED) is 0.757. The van der Waals surface area contributed by atoms with Crippen LogP contribution in [0, 0.1) is 0 Å². The van der Waals surface area contributed by atoms with Crippen LogP contribution in [0.5, 0.6) is 0 Å². The number of aromatic amines is 1. The lowest BCUT2D eigenvalue weighted by Gasteiger charge is -2.25. The fourth-order valence-electron chi connectivity index (χ4n) is 3.81. The molecule has 1 fully saturated rings. The topological polar surface area (TPSA) is 36.1 Å². The van der Waals surface area contributed by atoms with Crippen LogP contribution in [-0.2, 0) is 11.2 Å². The second-order valence-corrected chi connectivity index (χ2v) is 6.52. The lowest BCUT2D eigenvalue weighted by Crippen LogP contribution is -2.30. The fourth-order valence-corrected chi connectivity index (χ4v) is 3.81. The zero-order valence-electron chi connectivity index (χ0n) is 13.7. The first-order chi connectivity index (χ1) is 11.8. The number of aryl methyl sites for hydroxylation is 1. The SMILES string of the molecule is O=C(CCc1c[nH]c2ccccc12)N1CCC[C@@H]1c1ccccc1. The highest BCUT2D eigenvalue weighted by molar-refractivity contribution is 5.84. The van der Waals surface area contributed by atoms with Crippen LogP contribution in [0.2, 0.25) is 0 Å². The molecule has 4 rings (SSSR count). The van der Waals surface area contributed by atoms with Gasteiger partial charge in [0.25, 0.3) is 0 Å². The summed E-state index contributed by atoms with van der Waals surface area (Å²) in [7, 11) is 0. The average molecular weight is 318 g/mol. The predicted molar refractivity (Wildman–Crippen MR) is 96.7 cm³/mol. The highest BCUT2D eigenvalue weighted by atomic mass is 16.2. The zero-order chi connectivity index (χ0) is 16.4. The van der Waals surface area contributed by atoms with Gasteiger partial charge in [-0.15, -0.1) is 0 Å². The van der Waals surface area contributed by atoms with Gasteiger partial charge in [-0.1, -0.05) is 48.5 Å². The van der Waals surface area contributed by atoms with Gasteiger partial charge in [-0.2, -0.15) is 0 Å². The van der Waals surface area contributed by atoms with E-state index in [2.05, 4.69) is 46.3 Å². The molecular formula is C21H22N2O. The van der Waals surface area contributed by atoms with Crippen molar-refractivity contribution in [3.63, 3.8) is 0 Å². The number of nitrogens with one attached hydrogen (secondary N) is 1. The molecule has 1 aromatic heterocycles. The lowest BCUT2D eigenvalue weighted by molar-refractivity contribution is -0.132. The summed E-state index contributed by atoms with van der Waals surface area (Å²) < 4.78 is 0. The maximum Gasteiger partial charge on any atom is 0.223 e. The summed E-state index contributed by atoms with van der Waals surface area (Å²) in [5, 5.41) is 1.23. The van der Waals surface area contributed by atoms with E-state index in [1.165, 1.54) is 16.5 Å². The number of nitrogens with zero attached hydrogens (tertiary/aromatic N) is 1. The summed E-state index contributed by atoms with van der Waals surface area (Å²) in [5.41, 5.74) is 3.63. The average Bonchev–Trinajstić information content (AvgIpc) is 3.28. The van der Waals surface area contributed by atoms with Crippen LogP contribution in [0.1, 0.15) is 36.4 Å². The van der Waals surface area contributed by atoms with Crippen LogP contribution in [-0.4, -0.2) is 22.3 Å². The third kappa shape index (κ3) is 2.82. The normalized spacial score (nSPS) is 17.5. The minimum atomic E-state index is 0.252. The molecule has 1 N–H and O–H groups in total. The summed E-state index contributed by atoms with van der Waals surface area (Å²) in [6, 6.07) is 18.9. The minimum Gasteiger partial charge on any atom is -0.361 e. The molecule has 0 saturated carbocycles. The number of aromatic nitrogens is 1. The number of amides is 1. The first-order valence-electron chi connectivity index (χ1n) is 8.72. The number of fused-ring (bicyclic) bond motifs is 1. The van der Waals surface area contributed by atoms with Gasteiger partial charge in [0, 0.05) is 30.1 Å². The van der Waals surface area contributed by atoms with Gasteiger partial charge in [0.05, 0.1) is 6.04 Å². The first kappa shape index (κ1) is 15.0. The lowest BCUT2D eigenvalue weighted by atomic mass is 10.0. The van der Waals surface area contributed by atoms with Gasteiger partial charge >= 0.3 is 0 Å². The molecule has 24 heavy (non-hydrogen) atoms. The van der Waals surface area contributed by atoms with Gasteiger partial charge < -0.3 is 9.88 Å². The molecule has 122 valence electrons. The van der Waals surface area contributed by atoms with Crippen molar-refractivity contribution in [3.8, 4) is 0 Å². The predicted octanol–water partition coefficient (Wildman–Crippen LogP) is 4.46. The molecule has 1 amide bonds. The Morgan fingerprint density at radius 2 is 1.88 bits per heavy atom. The van der Waals surface area contributed by atoms with Crippen molar-refractivity contribution in [1.82, 2.24) is 9.88 Å². The molecule has 3 aromatic rings. The van der Waals surface area contributed by atoms with Crippen molar-refractivity contribution in [1.29, 1.82) is 0 Å². The number of likely N-dealkylation sites (tertiary alicyclic amines) is 1. The van der Waals surface area contributed by atoms with Crippen LogP contribution in [0.25, 0.3) is 10.9 Å². The second kappa shape index (κ2) is 6.52. The molecule has 1 atom stereocenters. The number of hydrogen-bond donors (Lipinski definition) is 1. The zero-order valence-corrected chi connectivity index (χ0v) is 13.7. The monoisotopic (exact) mass is 318 g/mol. The summed E-state index contributed by atoms with van der Waals surface area (Å²) in [5.74, 6) is 0.270. The highest BCUT2D eigenvalue weighted by Gasteiger charge is 2.29. The summed E-state index contributed by atoms with van der Waals surface area (Å²) >= 11 is 0. The summed E-state index contributed by atoms with van der Waals surface area (Å²) in [6.07, 6.45) is 5.57. The number of carbonyl (C=O) groups is 1. The molecule has 3 heteroatoms. The first-order valence-corrected chi connectivity index (χ1v) is 8.72. The van der Waals surface area contributed by atoms with Gasteiger partial charge in [0.1, 0.15) is 0 Å². The number of para-hydroxylation sites is 1. The van der Waals surface area contributed by atoms with E-state index in [1.54, 1.807) is 0 Å². The summed E-state index contributed by atoms with van der Waals surface area (Å²) in [6.45, 7) is 0.881. The highest BCUT2D eigenvalue weighted by Crippen LogP contribution is 2.32. The van der Waals surface area contributed by atoms with E-state index in [4.69, 9.17) is 0 Å². The second-order valence-electron chi connectivity index (χ2n) is 6.52. The van der Waals surface area contributed by atoms with Gasteiger partial charge in [-0.3, -0.25) is 4.79 Å². The number of H-pyrrole nitrogens is 1. The van der Waals surface area contributed by atoms with Crippen LogP contribution in [0.15, 0.2) is 60.8 Å². The maximum absolute atomic E-state index is 12.8. The third-order valence-electron chi connectivity index (χ3n) is 5.04. The van der Waals surface area contributed by atoms with Crippen molar-refractivity contribution in [2.75, 3.05) is 6.54 Å². The molecule has 0 aliphatic carbocycles. The molecule has 0 radical (unpaired) electrons. The third-order valence-corrected chi connectivity index (χ3v) is 5.04. The molecule has 2 heterocycles. The van der Waals surface area contributed by atoms with Crippen LogP contribution in [0.4, 0.5) is 0 Å². The van der Waals surface area contributed by atoms with E-state index in [0.29, 0.717) is 6.42 Å². The van der Waals surface area contributed by atoms with E-state index in [1.807, 2.05) is 24.4 Å². The van der Waals surface area contributed by atoms with Crippen molar-refractivity contribution >= 4 is 16.8 Å². The smallest absolute Gasteiger partial charge is 0.223 e. The molecule has 1 aliphatic heterocycles. The molecule has 2 aromatic carbocycles. The number of carbonyl (C=O) groups excluding carboxylic acids is 1. The van der Waals surface area contributed by atoms with Gasteiger partial charge in [-0.05, 0) is 36.5 Å². The fraction of sp³-hybridized carbons (Fsp3) is 0.286. The maximum atomic E-state index is 12.8. The Hall–Kier alpha value is -2.55. The largest absolute Gasteiger partial charge is 0.361 e. The van der Waals surface area contributed by atoms with Crippen molar-refractivity contribution < 1.29 is 4.79 Å². The Bertz CT molecular complexity index is 837. The number of hydrogen-bond acceptors (Lipinski definition) is 1. The molecule has 1 aliphatic rings. The van der Waals surface area contributed by atoms with Gasteiger partial charge in [-0.25, -0.2) is 0 Å². The summed E-state index contributed by atoms with van der Waals surface area (Å²) in [4.78, 5) is 18.1. The van der Waals surface area contributed by atoms with E-state index in [-0.39, 0.29) is 11.9 Å². The van der Waals surface area contributed by atoms with Crippen molar-refractivity contribution in [3.05, 3.63) is 71.9 Å². The Balaban J connectivity index is 1.46. The van der Waals surface area contributed by atoms with Crippen LogP contribution in [0.3, 0.4) is 0 Å². The van der Waals surface area contributed by atoms with Crippen molar-refractivity contribution in [2.45, 2.75) is 31.7 Å². The van der Waals surface area contributed by atoms with Gasteiger partial charge in [0.15, 0.2) is 0 Å². The van der Waals surface area contributed by atoms with E-state index < -0.39 is 0 Å². The Kier molecular flexibility index (Phi) is 4.08. The van der Waals surface area contributed by atoms with Crippen LogP contribution < -0.4 is 0 Å².